The minimum absolute atomic E-state index is 0. The SMILES string of the molecule is CN=C(NCCCOCCOC)N1CCOC(c2ccc(C)cc2C)C1.I. The molecule has 1 unspecified atom stereocenters. The zero-order valence-electron chi connectivity index (χ0n) is 17.0. The maximum Gasteiger partial charge on any atom is 0.193 e. The first-order valence-electron chi connectivity index (χ1n) is 9.36. The minimum atomic E-state index is 0. The molecule has 7 heteroatoms. The van der Waals surface area contributed by atoms with Gasteiger partial charge in [-0.2, -0.15) is 0 Å². The summed E-state index contributed by atoms with van der Waals surface area (Å²) in [5.74, 6) is 0.931. The van der Waals surface area contributed by atoms with Crippen LogP contribution in [0.25, 0.3) is 0 Å². The Morgan fingerprint density at radius 2 is 2.11 bits per heavy atom. The van der Waals surface area contributed by atoms with E-state index in [0.717, 1.165) is 38.6 Å². The first-order chi connectivity index (χ1) is 12.7. The van der Waals surface area contributed by atoms with Crippen LogP contribution in [0.3, 0.4) is 0 Å². The van der Waals surface area contributed by atoms with Gasteiger partial charge in [0, 0.05) is 33.9 Å². The molecule has 2 rings (SSSR count). The molecule has 0 radical (unpaired) electrons. The van der Waals surface area contributed by atoms with Crippen LogP contribution in [-0.2, 0) is 14.2 Å². The molecular formula is C20H34IN3O3. The molecule has 1 aromatic carbocycles. The van der Waals surface area contributed by atoms with Gasteiger partial charge in [0.2, 0.25) is 0 Å². The van der Waals surface area contributed by atoms with Crippen LogP contribution in [0.2, 0.25) is 0 Å². The van der Waals surface area contributed by atoms with Crippen LogP contribution in [0.5, 0.6) is 0 Å². The number of hydrogen-bond acceptors (Lipinski definition) is 4. The summed E-state index contributed by atoms with van der Waals surface area (Å²) >= 11 is 0. The van der Waals surface area contributed by atoms with E-state index in [-0.39, 0.29) is 30.1 Å². The number of guanidine groups is 1. The number of halogens is 1. The van der Waals surface area contributed by atoms with Gasteiger partial charge in [-0.25, -0.2) is 0 Å². The maximum absolute atomic E-state index is 6.03. The number of aryl methyl sites for hydroxylation is 2. The molecule has 1 atom stereocenters. The topological polar surface area (TPSA) is 55.3 Å². The smallest absolute Gasteiger partial charge is 0.193 e. The predicted octanol–water partition coefficient (Wildman–Crippen LogP) is 2.92. The molecule has 1 fully saturated rings. The van der Waals surface area contributed by atoms with E-state index < -0.39 is 0 Å². The van der Waals surface area contributed by atoms with Crippen molar-refractivity contribution in [2.75, 3.05) is 60.2 Å². The summed E-state index contributed by atoms with van der Waals surface area (Å²) in [6.45, 7) is 9.50. The number of hydrogen-bond donors (Lipinski definition) is 1. The third-order valence-electron chi connectivity index (χ3n) is 4.53. The van der Waals surface area contributed by atoms with Gasteiger partial charge in [-0.3, -0.25) is 4.99 Å². The van der Waals surface area contributed by atoms with Crippen LogP contribution in [0.1, 0.15) is 29.2 Å². The molecule has 1 N–H and O–H groups in total. The lowest BCUT2D eigenvalue weighted by molar-refractivity contribution is -0.00836. The second kappa shape index (κ2) is 13.3. The number of methoxy groups -OCH3 is 1. The van der Waals surface area contributed by atoms with Gasteiger partial charge in [-0.1, -0.05) is 23.8 Å². The maximum atomic E-state index is 6.03. The van der Waals surface area contributed by atoms with E-state index in [4.69, 9.17) is 14.2 Å². The number of nitrogens with zero attached hydrogens (tertiary/aromatic N) is 2. The van der Waals surface area contributed by atoms with E-state index in [1.165, 1.54) is 16.7 Å². The van der Waals surface area contributed by atoms with Crippen molar-refractivity contribution in [3.63, 3.8) is 0 Å². The number of ether oxygens (including phenoxy) is 3. The molecule has 0 bridgehead atoms. The van der Waals surface area contributed by atoms with Gasteiger partial charge in [-0.15, -0.1) is 24.0 Å². The first-order valence-corrected chi connectivity index (χ1v) is 9.36. The van der Waals surface area contributed by atoms with E-state index in [0.29, 0.717) is 19.8 Å². The Morgan fingerprint density at radius 1 is 1.30 bits per heavy atom. The molecule has 1 saturated heterocycles. The Kier molecular flexibility index (Phi) is 11.9. The molecule has 6 nitrogen and oxygen atoms in total. The van der Waals surface area contributed by atoms with Gasteiger partial charge in [0.05, 0.1) is 26.4 Å². The first kappa shape index (κ1) is 24.1. The van der Waals surface area contributed by atoms with Gasteiger partial charge in [-0.05, 0) is 31.4 Å². The van der Waals surface area contributed by atoms with Crippen LogP contribution >= 0.6 is 24.0 Å². The van der Waals surface area contributed by atoms with Gasteiger partial charge in [0.25, 0.3) is 0 Å². The number of aliphatic imine (C=N–C) groups is 1. The Bertz CT molecular complexity index is 584. The lowest BCUT2D eigenvalue weighted by Gasteiger charge is -2.35. The van der Waals surface area contributed by atoms with Crippen molar-refractivity contribution < 1.29 is 14.2 Å². The summed E-state index contributed by atoms with van der Waals surface area (Å²) in [6.07, 6.45) is 1.02. The molecule has 0 spiro atoms. The van der Waals surface area contributed by atoms with Gasteiger partial charge >= 0.3 is 0 Å². The standard InChI is InChI=1S/C20H33N3O3.HI/c1-16-6-7-18(17(2)14-16)19-15-23(9-11-26-19)20(21-3)22-8-5-10-25-13-12-24-4;/h6-7,14,19H,5,8-13,15H2,1-4H3,(H,21,22);1H. The highest BCUT2D eigenvalue weighted by Gasteiger charge is 2.25. The van der Waals surface area contributed by atoms with Gasteiger partial charge in [0.1, 0.15) is 6.10 Å². The van der Waals surface area contributed by atoms with Crippen molar-refractivity contribution in [1.29, 1.82) is 0 Å². The molecule has 1 heterocycles. The third kappa shape index (κ3) is 7.93. The third-order valence-corrected chi connectivity index (χ3v) is 4.53. The molecule has 154 valence electrons. The second-order valence-electron chi connectivity index (χ2n) is 6.60. The van der Waals surface area contributed by atoms with E-state index in [1.54, 1.807) is 7.11 Å². The van der Waals surface area contributed by atoms with Crippen molar-refractivity contribution >= 4 is 29.9 Å². The zero-order chi connectivity index (χ0) is 18.8. The molecule has 1 aliphatic rings. The van der Waals surface area contributed by atoms with E-state index in [2.05, 4.69) is 47.3 Å². The molecular weight excluding hydrogens is 457 g/mol. The fourth-order valence-corrected chi connectivity index (χ4v) is 3.17. The molecule has 0 saturated carbocycles. The Balaban J connectivity index is 0.00000364. The molecule has 0 amide bonds. The highest BCUT2D eigenvalue weighted by Crippen LogP contribution is 2.25. The lowest BCUT2D eigenvalue weighted by Crippen LogP contribution is -2.48. The average molecular weight is 491 g/mol. The van der Waals surface area contributed by atoms with E-state index in [1.807, 2.05) is 7.05 Å². The molecule has 1 aromatic rings. The quantitative estimate of drug-likeness (QED) is 0.262. The summed E-state index contributed by atoms with van der Waals surface area (Å²) in [5.41, 5.74) is 3.83. The number of benzene rings is 1. The van der Waals surface area contributed by atoms with Crippen molar-refractivity contribution in [2.24, 2.45) is 4.99 Å². The number of nitrogens with one attached hydrogen (secondary N) is 1. The number of morpholine rings is 1. The molecule has 0 aliphatic carbocycles. The summed E-state index contributed by atoms with van der Waals surface area (Å²) < 4.78 is 16.5. The van der Waals surface area contributed by atoms with Crippen LogP contribution in [-0.4, -0.2) is 71.1 Å². The Hall–Kier alpha value is -0.900. The van der Waals surface area contributed by atoms with Crippen LogP contribution < -0.4 is 5.32 Å². The normalized spacial score (nSPS) is 17.6. The van der Waals surface area contributed by atoms with E-state index in [9.17, 15) is 0 Å². The van der Waals surface area contributed by atoms with Crippen LogP contribution in [0.15, 0.2) is 23.2 Å². The van der Waals surface area contributed by atoms with Crippen molar-refractivity contribution in [3.8, 4) is 0 Å². The van der Waals surface area contributed by atoms with Crippen molar-refractivity contribution in [1.82, 2.24) is 10.2 Å². The average Bonchev–Trinajstić information content (AvgIpc) is 2.64. The monoisotopic (exact) mass is 491 g/mol. The van der Waals surface area contributed by atoms with E-state index >= 15 is 0 Å². The number of rotatable bonds is 8. The van der Waals surface area contributed by atoms with Gasteiger partial charge < -0.3 is 24.4 Å². The molecule has 0 aromatic heterocycles. The molecule has 27 heavy (non-hydrogen) atoms. The summed E-state index contributed by atoms with van der Waals surface area (Å²) in [6, 6.07) is 6.56. The highest BCUT2D eigenvalue weighted by atomic mass is 127. The molecule has 1 aliphatic heterocycles. The van der Waals surface area contributed by atoms with Crippen molar-refractivity contribution in [2.45, 2.75) is 26.4 Å². The summed E-state index contributed by atoms with van der Waals surface area (Å²) in [7, 11) is 3.52. The van der Waals surface area contributed by atoms with Crippen molar-refractivity contribution in [3.05, 3.63) is 34.9 Å². The summed E-state index contributed by atoms with van der Waals surface area (Å²) in [4.78, 5) is 6.72. The Morgan fingerprint density at radius 3 is 2.81 bits per heavy atom. The van der Waals surface area contributed by atoms with Gasteiger partial charge in [0.15, 0.2) is 5.96 Å². The predicted molar refractivity (Wildman–Crippen MR) is 120 cm³/mol. The largest absolute Gasteiger partial charge is 0.382 e. The minimum Gasteiger partial charge on any atom is -0.382 e. The van der Waals surface area contributed by atoms with Crippen LogP contribution in [0, 0.1) is 13.8 Å². The Labute approximate surface area is 180 Å². The zero-order valence-corrected chi connectivity index (χ0v) is 19.3. The fraction of sp³-hybridized carbons (Fsp3) is 0.650. The second-order valence-corrected chi connectivity index (χ2v) is 6.60. The lowest BCUT2D eigenvalue weighted by atomic mass is 10.00. The summed E-state index contributed by atoms with van der Waals surface area (Å²) in [5, 5.41) is 3.43. The highest BCUT2D eigenvalue weighted by molar-refractivity contribution is 14.0. The van der Waals surface area contributed by atoms with Crippen LogP contribution in [0.4, 0.5) is 0 Å². The fourth-order valence-electron chi connectivity index (χ4n) is 3.17.